The van der Waals surface area contributed by atoms with E-state index in [4.69, 9.17) is 9.47 Å². The van der Waals surface area contributed by atoms with Gasteiger partial charge in [-0.05, 0) is 72.9 Å². The number of ether oxygens (including phenoxy) is 2. The first kappa shape index (κ1) is 43.4. The molecule has 2 aliphatic carbocycles. The fourth-order valence-corrected chi connectivity index (χ4v) is 7.90. The maximum atomic E-state index is 5.28. The molecule has 0 N–H and O–H groups in total. The van der Waals surface area contributed by atoms with Gasteiger partial charge >= 0.3 is 21.7 Å². The Hall–Kier alpha value is -3.01. The molecule has 0 amide bonds. The van der Waals surface area contributed by atoms with E-state index in [1.165, 1.54) is 108 Å². The van der Waals surface area contributed by atoms with Gasteiger partial charge in [0.15, 0.2) is 0 Å². The van der Waals surface area contributed by atoms with Gasteiger partial charge in [0, 0.05) is 0 Å². The third-order valence-corrected chi connectivity index (χ3v) is 10.5. The molecule has 0 aromatic heterocycles. The molecule has 0 heterocycles. The molecule has 0 radical (unpaired) electrons. The molecule has 0 spiro atoms. The summed E-state index contributed by atoms with van der Waals surface area (Å²) in [7, 11) is 3.42. The van der Waals surface area contributed by atoms with Crippen LogP contribution in [0.1, 0.15) is 93.6 Å². The Kier molecular flexibility index (Phi) is 18.1. The zero-order valence-corrected chi connectivity index (χ0v) is 33.9. The Balaban J connectivity index is 0.000000248. The Labute approximate surface area is 340 Å². The molecule has 5 heteroatoms. The topological polar surface area (TPSA) is 18.5 Å². The predicted octanol–water partition coefficient (Wildman–Crippen LogP) is 7.61. The van der Waals surface area contributed by atoms with Crippen LogP contribution in [0.15, 0.2) is 109 Å². The average molecular weight is 768 g/mol. The Morgan fingerprint density at radius 3 is 1.21 bits per heavy atom. The molecule has 274 valence electrons. The van der Waals surface area contributed by atoms with Crippen molar-refractivity contribution in [2.45, 2.75) is 82.5 Å². The number of benzene rings is 4. The summed E-state index contributed by atoms with van der Waals surface area (Å²) >= 11 is 0. The zero-order valence-electron chi connectivity index (χ0n) is 30.8. The van der Waals surface area contributed by atoms with E-state index in [0.29, 0.717) is 0 Å². The SMILES string of the molecule is COc1ccc(-c2cccc3[cH-]c(C4CCCCC4)cc23)cc1.COc1ccc(-c2cccc3[cH-]c(C4CCCCC4)cc23)cc1.[CH2-]C[CH2-].[Cl-].[Cl-].[Ti+2]. The van der Waals surface area contributed by atoms with Crippen LogP contribution in [0, 0.1) is 13.8 Å². The molecule has 0 unspecified atom stereocenters. The minimum absolute atomic E-state index is 0. The predicted molar refractivity (Wildman–Crippen MR) is 210 cm³/mol. The molecule has 2 aliphatic rings. The van der Waals surface area contributed by atoms with Gasteiger partial charge in [-0.3, -0.25) is 0 Å². The van der Waals surface area contributed by atoms with Crippen LogP contribution in [0.25, 0.3) is 43.8 Å². The normalized spacial score (nSPS) is 14.4. The fraction of sp³-hybridized carbons (Fsp3) is 0.319. The van der Waals surface area contributed by atoms with Crippen molar-refractivity contribution in [3.05, 3.63) is 134 Å². The van der Waals surface area contributed by atoms with Gasteiger partial charge in [0.1, 0.15) is 11.5 Å². The molecule has 52 heavy (non-hydrogen) atoms. The molecule has 2 nitrogen and oxygen atoms in total. The third kappa shape index (κ3) is 10.6. The summed E-state index contributed by atoms with van der Waals surface area (Å²) in [6, 6.07) is 39.8. The van der Waals surface area contributed by atoms with Crippen LogP contribution >= 0.6 is 0 Å². The van der Waals surface area contributed by atoms with Crippen LogP contribution in [0.2, 0.25) is 0 Å². The quantitative estimate of drug-likeness (QED) is 0.128. The van der Waals surface area contributed by atoms with Crippen molar-refractivity contribution >= 4 is 21.5 Å². The van der Waals surface area contributed by atoms with Crippen molar-refractivity contribution < 1.29 is 56.0 Å². The van der Waals surface area contributed by atoms with Gasteiger partial charge in [0.05, 0.1) is 14.2 Å². The van der Waals surface area contributed by atoms with Crippen molar-refractivity contribution in [3.8, 4) is 33.8 Å². The van der Waals surface area contributed by atoms with Gasteiger partial charge < -0.3 is 54.6 Å². The summed E-state index contributed by atoms with van der Waals surface area (Å²) in [5.41, 5.74) is 8.26. The van der Waals surface area contributed by atoms with Crippen molar-refractivity contribution in [2.24, 2.45) is 0 Å². The van der Waals surface area contributed by atoms with Gasteiger partial charge in [0.25, 0.3) is 0 Å². The van der Waals surface area contributed by atoms with Crippen LogP contribution in [0.3, 0.4) is 0 Å². The van der Waals surface area contributed by atoms with Crippen LogP contribution in [0.4, 0.5) is 0 Å². The van der Waals surface area contributed by atoms with Crippen molar-refractivity contribution in [3.63, 3.8) is 0 Å². The largest absolute Gasteiger partial charge is 2.00 e. The monoisotopic (exact) mass is 766 g/mol. The summed E-state index contributed by atoms with van der Waals surface area (Å²) in [6.07, 6.45) is 14.5. The van der Waals surface area contributed by atoms with Crippen LogP contribution in [-0.4, -0.2) is 14.2 Å². The molecule has 2 fully saturated rings. The summed E-state index contributed by atoms with van der Waals surface area (Å²) in [5.74, 6) is 3.34. The van der Waals surface area contributed by atoms with Crippen molar-refractivity contribution in [1.82, 2.24) is 0 Å². The molecule has 0 atom stereocenters. The van der Waals surface area contributed by atoms with Crippen LogP contribution in [0.5, 0.6) is 11.5 Å². The molecule has 0 bridgehead atoms. The summed E-state index contributed by atoms with van der Waals surface area (Å²) in [4.78, 5) is 0. The molecule has 8 rings (SSSR count). The van der Waals surface area contributed by atoms with Gasteiger partial charge in [-0.15, -0.1) is 69.1 Å². The van der Waals surface area contributed by atoms with E-state index in [9.17, 15) is 0 Å². The molecule has 0 saturated heterocycles. The van der Waals surface area contributed by atoms with Gasteiger partial charge in [-0.25, -0.2) is 0 Å². The maximum absolute atomic E-state index is 5.28. The summed E-state index contributed by atoms with van der Waals surface area (Å²) in [6.45, 7) is 6.75. The average Bonchev–Trinajstić information content (AvgIpc) is 3.82. The van der Waals surface area contributed by atoms with Crippen molar-refractivity contribution in [1.29, 1.82) is 0 Å². The van der Waals surface area contributed by atoms with E-state index in [2.05, 4.69) is 98.8 Å². The third-order valence-electron chi connectivity index (χ3n) is 10.5. The number of halogens is 2. The second-order valence-electron chi connectivity index (χ2n) is 13.7. The Morgan fingerprint density at radius 2 is 0.885 bits per heavy atom. The Morgan fingerprint density at radius 1 is 0.538 bits per heavy atom. The fourth-order valence-electron chi connectivity index (χ4n) is 7.90. The molecular weight excluding hydrogens is 715 g/mol. The molecule has 6 aromatic carbocycles. The molecule has 0 aliphatic heterocycles. The van der Waals surface area contributed by atoms with Gasteiger partial charge in [-0.1, -0.05) is 86.1 Å². The minimum atomic E-state index is 0. The summed E-state index contributed by atoms with van der Waals surface area (Å²) < 4.78 is 10.6. The standard InChI is InChI=1S/2C22H23O.C3H6.2ClH.Ti/c2*1-23-20-12-10-17(11-13-20)21-9-5-8-18-14-19(15-22(18)21)16-6-3-2-4-7-16;1-3-2;;;/h2*5,8-16H,2-4,6-7H2,1H3;1-3H2;2*1H;/q2*-1;-2;;;+2/p-2. The van der Waals surface area contributed by atoms with E-state index in [0.717, 1.165) is 29.8 Å². The maximum Gasteiger partial charge on any atom is 2.00 e. The number of fused-ring (bicyclic) bond motifs is 2. The minimum Gasteiger partial charge on any atom is -1.00 e. The van der Waals surface area contributed by atoms with Gasteiger partial charge in [0.2, 0.25) is 0 Å². The first-order valence-electron chi connectivity index (χ1n) is 18.4. The van der Waals surface area contributed by atoms with E-state index < -0.39 is 0 Å². The number of rotatable bonds is 6. The second kappa shape index (κ2) is 21.6. The zero-order chi connectivity index (χ0) is 34.0. The first-order chi connectivity index (χ1) is 24.1. The van der Waals surface area contributed by atoms with E-state index in [1.807, 2.05) is 24.3 Å². The molecule has 2 saturated carbocycles. The van der Waals surface area contributed by atoms with Crippen molar-refractivity contribution in [2.75, 3.05) is 14.2 Å². The second-order valence-corrected chi connectivity index (χ2v) is 13.7. The van der Waals surface area contributed by atoms with Gasteiger partial charge in [-0.2, -0.15) is 12.1 Å². The Bertz CT molecular complexity index is 1750. The van der Waals surface area contributed by atoms with E-state index in [1.54, 1.807) is 25.3 Å². The van der Waals surface area contributed by atoms with E-state index in [-0.39, 0.29) is 46.5 Å². The molecule has 6 aromatic rings. The number of hydrogen-bond acceptors (Lipinski definition) is 2. The van der Waals surface area contributed by atoms with E-state index >= 15 is 0 Å². The number of methoxy groups -OCH3 is 2. The van der Waals surface area contributed by atoms with Crippen LogP contribution in [-0.2, 0) is 21.7 Å². The molecular formula is C47H52Cl2O2Ti-4. The first-order valence-corrected chi connectivity index (χ1v) is 18.4. The summed E-state index contributed by atoms with van der Waals surface area (Å²) in [5, 5.41) is 5.52. The smallest absolute Gasteiger partial charge is 1.00 e. The number of hydrogen-bond donors (Lipinski definition) is 0. The van der Waals surface area contributed by atoms with Crippen LogP contribution < -0.4 is 34.3 Å².